The smallest absolute Gasteiger partial charge is 0.233 e. The fraction of sp³-hybridized carbons (Fsp3) is 0.875. The number of aliphatic hydroxyl groups excluding tert-OH is 1. The highest BCUT2D eigenvalue weighted by Crippen LogP contribution is 2.15. The molecule has 4 N–H and O–H groups in total. The van der Waals surface area contributed by atoms with E-state index in [0.29, 0.717) is 0 Å². The summed E-state index contributed by atoms with van der Waals surface area (Å²) in [5, 5.41) is 20.6. The first-order valence-corrected chi connectivity index (χ1v) is 4.64. The lowest BCUT2D eigenvalue weighted by Gasteiger charge is -2.28. The predicted octanol–water partition coefficient (Wildman–Crippen LogP) is -0.0728. The molecule has 1 saturated heterocycles. The molecule has 1 atom stereocenters. The minimum absolute atomic E-state index is 0.0124. The Morgan fingerprint density at radius 3 is 2.85 bits per heavy atom. The number of likely N-dealkylation sites (tertiary alicyclic amines) is 1. The first kappa shape index (κ1) is 10.1. The van der Waals surface area contributed by atoms with Gasteiger partial charge in [0.1, 0.15) is 0 Å². The molecular formula is C8H17N3O2. The van der Waals surface area contributed by atoms with Crippen molar-refractivity contribution >= 4 is 5.96 Å². The molecular weight excluding hydrogens is 170 g/mol. The zero-order valence-corrected chi connectivity index (χ0v) is 7.69. The molecule has 0 aliphatic carbocycles. The van der Waals surface area contributed by atoms with Crippen LogP contribution in [0.25, 0.3) is 0 Å². The first-order valence-electron chi connectivity index (χ1n) is 4.64. The number of nitrogens with two attached hydrogens (primary N) is 1. The lowest BCUT2D eigenvalue weighted by atomic mass is 10.1. The average Bonchev–Trinajstić information content (AvgIpc) is 2.41. The maximum Gasteiger partial charge on any atom is 0.233 e. The normalized spacial score (nSPS) is 25.8. The van der Waals surface area contributed by atoms with Gasteiger partial charge in [-0.2, -0.15) is 0 Å². The fourth-order valence-corrected chi connectivity index (χ4v) is 1.73. The maximum absolute atomic E-state index is 9.10. The van der Waals surface area contributed by atoms with Crippen molar-refractivity contribution in [2.45, 2.75) is 31.7 Å². The quantitative estimate of drug-likeness (QED) is 0.232. The molecule has 1 heterocycles. The third kappa shape index (κ3) is 2.48. The molecule has 0 aromatic rings. The largest absolute Gasteiger partial charge is 0.408 e. The molecule has 5 nitrogen and oxygen atoms in total. The molecule has 0 spiro atoms. The molecule has 5 heteroatoms. The van der Waals surface area contributed by atoms with E-state index in [4.69, 9.17) is 16.0 Å². The molecule has 1 aliphatic rings. The summed E-state index contributed by atoms with van der Waals surface area (Å²) in [6.45, 7) is 0.831. The molecule has 1 rings (SSSR count). The third-order valence-electron chi connectivity index (χ3n) is 2.48. The van der Waals surface area contributed by atoms with E-state index in [-0.39, 0.29) is 18.6 Å². The highest BCUT2D eigenvalue weighted by atomic mass is 16.4. The molecule has 1 aliphatic heterocycles. The number of oxime groups is 1. The van der Waals surface area contributed by atoms with Crippen molar-refractivity contribution in [3.05, 3.63) is 0 Å². The minimum Gasteiger partial charge on any atom is -0.408 e. The van der Waals surface area contributed by atoms with Gasteiger partial charge in [0, 0.05) is 6.54 Å². The summed E-state index contributed by atoms with van der Waals surface area (Å²) in [5.41, 5.74) is 5.50. The van der Waals surface area contributed by atoms with Crippen molar-refractivity contribution in [1.82, 2.24) is 4.90 Å². The van der Waals surface area contributed by atoms with Crippen LogP contribution in [-0.2, 0) is 0 Å². The maximum atomic E-state index is 9.10. The van der Waals surface area contributed by atoms with Gasteiger partial charge < -0.3 is 20.9 Å². The molecule has 0 saturated carbocycles. The highest BCUT2D eigenvalue weighted by Gasteiger charge is 2.21. The molecule has 0 amide bonds. The van der Waals surface area contributed by atoms with E-state index < -0.39 is 0 Å². The zero-order valence-electron chi connectivity index (χ0n) is 7.69. The van der Waals surface area contributed by atoms with Gasteiger partial charge in [-0.1, -0.05) is 18.0 Å². The van der Waals surface area contributed by atoms with Crippen LogP contribution >= 0.6 is 0 Å². The standard InChI is InChI=1S/C8H17N3O2/c9-8(10-13)11-5-3-1-2-4-7(11)6-12/h7,12-13H,1-6H2,(H2,9,10). The minimum atomic E-state index is 0.0124. The van der Waals surface area contributed by atoms with Crippen LogP contribution < -0.4 is 5.73 Å². The average molecular weight is 187 g/mol. The van der Waals surface area contributed by atoms with Gasteiger partial charge in [-0.3, -0.25) is 0 Å². The second kappa shape index (κ2) is 4.91. The van der Waals surface area contributed by atoms with E-state index in [1.807, 2.05) is 0 Å². The van der Waals surface area contributed by atoms with Crippen LogP contribution in [0.5, 0.6) is 0 Å². The molecule has 76 valence electrons. The van der Waals surface area contributed by atoms with Gasteiger partial charge in [-0.05, 0) is 12.8 Å². The van der Waals surface area contributed by atoms with Crippen LogP contribution in [0.2, 0.25) is 0 Å². The number of guanidine groups is 1. The van der Waals surface area contributed by atoms with Gasteiger partial charge in [0.05, 0.1) is 12.6 Å². The van der Waals surface area contributed by atoms with Crippen LogP contribution in [0.4, 0.5) is 0 Å². The summed E-state index contributed by atoms with van der Waals surface area (Å²) < 4.78 is 0. The van der Waals surface area contributed by atoms with Gasteiger partial charge in [0.15, 0.2) is 0 Å². The Kier molecular flexibility index (Phi) is 3.82. The molecule has 0 aromatic heterocycles. The van der Waals surface area contributed by atoms with Crippen molar-refractivity contribution < 1.29 is 10.3 Å². The Morgan fingerprint density at radius 1 is 1.46 bits per heavy atom. The Morgan fingerprint density at radius 2 is 2.23 bits per heavy atom. The molecule has 1 unspecified atom stereocenters. The second-order valence-corrected chi connectivity index (χ2v) is 3.34. The van der Waals surface area contributed by atoms with Crippen LogP contribution in [0.15, 0.2) is 5.16 Å². The molecule has 0 bridgehead atoms. The van der Waals surface area contributed by atoms with Crippen molar-refractivity contribution in [2.24, 2.45) is 10.9 Å². The van der Waals surface area contributed by atoms with Crippen molar-refractivity contribution in [3.8, 4) is 0 Å². The lowest BCUT2D eigenvalue weighted by Crippen LogP contribution is -2.46. The monoisotopic (exact) mass is 187 g/mol. The van der Waals surface area contributed by atoms with Crippen LogP contribution in [0.1, 0.15) is 25.7 Å². The summed E-state index contributed by atoms with van der Waals surface area (Å²) in [6.07, 6.45) is 4.19. The molecule has 1 fully saturated rings. The fourth-order valence-electron chi connectivity index (χ4n) is 1.73. The van der Waals surface area contributed by atoms with E-state index in [0.717, 1.165) is 32.2 Å². The molecule has 0 radical (unpaired) electrons. The van der Waals surface area contributed by atoms with Crippen LogP contribution in [0.3, 0.4) is 0 Å². The number of rotatable bonds is 1. The van der Waals surface area contributed by atoms with E-state index >= 15 is 0 Å². The van der Waals surface area contributed by atoms with Gasteiger partial charge in [0.25, 0.3) is 0 Å². The zero-order chi connectivity index (χ0) is 9.68. The summed E-state index contributed by atoms with van der Waals surface area (Å²) in [6, 6.07) is 0.0124. The number of hydrogen-bond acceptors (Lipinski definition) is 3. The number of hydrogen-bond donors (Lipinski definition) is 3. The van der Waals surface area contributed by atoms with E-state index in [1.54, 1.807) is 4.90 Å². The summed E-state index contributed by atoms with van der Waals surface area (Å²) in [7, 11) is 0. The first-order chi connectivity index (χ1) is 6.29. The van der Waals surface area contributed by atoms with Crippen molar-refractivity contribution in [1.29, 1.82) is 0 Å². The van der Waals surface area contributed by atoms with Crippen LogP contribution in [-0.4, -0.2) is 40.4 Å². The van der Waals surface area contributed by atoms with Gasteiger partial charge in [0.2, 0.25) is 5.96 Å². The Bertz CT molecular complexity index is 184. The van der Waals surface area contributed by atoms with Gasteiger partial charge >= 0.3 is 0 Å². The Balaban J connectivity index is 2.64. The van der Waals surface area contributed by atoms with E-state index in [2.05, 4.69) is 5.16 Å². The predicted molar refractivity (Wildman–Crippen MR) is 49.5 cm³/mol. The SMILES string of the molecule is NC(=NO)N1CCCCCC1CO. The van der Waals surface area contributed by atoms with E-state index in [1.165, 1.54) is 0 Å². The topological polar surface area (TPSA) is 82.1 Å². The molecule has 0 aromatic carbocycles. The van der Waals surface area contributed by atoms with Gasteiger partial charge in [-0.25, -0.2) is 0 Å². The Hall–Kier alpha value is -0.970. The lowest BCUT2D eigenvalue weighted by molar-refractivity contribution is 0.173. The highest BCUT2D eigenvalue weighted by molar-refractivity contribution is 5.77. The van der Waals surface area contributed by atoms with Crippen molar-refractivity contribution in [3.63, 3.8) is 0 Å². The summed E-state index contributed by atoms with van der Waals surface area (Å²) in [4.78, 5) is 1.77. The summed E-state index contributed by atoms with van der Waals surface area (Å²) >= 11 is 0. The third-order valence-corrected chi connectivity index (χ3v) is 2.48. The number of aliphatic hydroxyl groups is 1. The Labute approximate surface area is 77.8 Å². The van der Waals surface area contributed by atoms with Crippen molar-refractivity contribution in [2.75, 3.05) is 13.2 Å². The number of nitrogens with zero attached hydrogens (tertiary/aromatic N) is 2. The van der Waals surface area contributed by atoms with Gasteiger partial charge in [-0.15, -0.1) is 0 Å². The van der Waals surface area contributed by atoms with Crippen LogP contribution in [0, 0.1) is 0 Å². The van der Waals surface area contributed by atoms with E-state index in [9.17, 15) is 0 Å². The molecule has 13 heavy (non-hydrogen) atoms. The second-order valence-electron chi connectivity index (χ2n) is 3.34. The summed E-state index contributed by atoms with van der Waals surface area (Å²) in [5.74, 6) is 0.112.